The molecule has 0 radical (unpaired) electrons. The SMILES string of the molecule is COc1cc(CCC(=O)N2CCCCC2c2ncc3c(n2)CCN(C)C3)on1. The Morgan fingerprint density at radius 3 is 3.07 bits per heavy atom. The van der Waals surface area contributed by atoms with Crippen molar-refractivity contribution in [2.45, 2.75) is 51.1 Å². The number of likely N-dealkylation sites (N-methyl/N-ethyl adjacent to an activating group) is 1. The topological polar surface area (TPSA) is 84.6 Å². The van der Waals surface area contributed by atoms with Gasteiger partial charge in [0, 0.05) is 62.4 Å². The predicted molar refractivity (Wildman–Crippen MR) is 102 cm³/mol. The minimum atomic E-state index is -0.0320. The lowest BCUT2D eigenvalue weighted by atomic mass is 9.99. The minimum Gasteiger partial charge on any atom is -0.479 e. The maximum atomic E-state index is 12.9. The Balaban J connectivity index is 1.46. The number of methoxy groups -OCH3 is 1. The predicted octanol–water partition coefficient (Wildman–Crippen LogP) is 2.15. The Bertz CT molecular complexity index is 837. The molecular weight excluding hydrogens is 358 g/mol. The number of likely N-dealkylation sites (tertiary alicyclic amines) is 1. The molecule has 28 heavy (non-hydrogen) atoms. The minimum absolute atomic E-state index is 0.0320. The fraction of sp³-hybridized carbons (Fsp3) is 0.600. The zero-order valence-electron chi connectivity index (χ0n) is 16.6. The van der Waals surface area contributed by atoms with E-state index in [2.05, 4.69) is 22.1 Å². The molecule has 0 aliphatic carbocycles. The van der Waals surface area contributed by atoms with Crippen molar-refractivity contribution in [1.82, 2.24) is 24.9 Å². The number of hydrogen-bond acceptors (Lipinski definition) is 7. The second-order valence-electron chi connectivity index (χ2n) is 7.62. The average Bonchev–Trinajstić information content (AvgIpc) is 3.20. The molecule has 0 aromatic carbocycles. The Morgan fingerprint density at radius 2 is 2.25 bits per heavy atom. The number of carbonyl (C=O) groups is 1. The molecule has 1 saturated heterocycles. The molecule has 2 aliphatic rings. The third kappa shape index (κ3) is 4.01. The van der Waals surface area contributed by atoms with Gasteiger partial charge in [0.05, 0.1) is 13.2 Å². The van der Waals surface area contributed by atoms with Crippen molar-refractivity contribution in [2.75, 3.05) is 27.2 Å². The summed E-state index contributed by atoms with van der Waals surface area (Å²) in [7, 11) is 3.66. The van der Waals surface area contributed by atoms with E-state index in [0.717, 1.165) is 56.8 Å². The summed E-state index contributed by atoms with van der Waals surface area (Å²) in [5.41, 5.74) is 2.33. The van der Waals surface area contributed by atoms with Crippen LogP contribution in [-0.2, 0) is 24.2 Å². The second-order valence-corrected chi connectivity index (χ2v) is 7.62. The molecule has 0 spiro atoms. The third-order valence-electron chi connectivity index (χ3n) is 5.60. The number of nitrogens with zero attached hydrogens (tertiary/aromatic N) is 5. The van der Waals surface area contributed by atoms with Crippen LogP contribution in [0.3, 0.4) is 0 Å². The first-order valence-corrected chi connectivity index (χ1v) is 9.96. The van der Waals surface area contributed by atoms with E-state index in [0.29, 0.717) is 24.5 Å². The summed E-state index contributed by atoms with van der Waals surface area (Å²) >= 11 is 0. The highest BCUT2D eigenvalue weighted by atomic mass is 16.5. The van der Waals surface area contributed by atoms with Crippen molar-refractivity contribution >= 4 is 5.91 Å². The van der Waals surface area contributed by atoms with Crippen LogP contribution in [0.4, 0.5) is 0 Å². The van der Waals surface area contributed by atoms with Gasteiger partial charge < -0.3 is 19.1 Å². The lowest BCUT2D eigenvalue weighted by Gasteiger charge is -2.35. The van der Waals surface area contributed by atoms with E-state index < -0.39 is 0 Å². The molecule has 4 heterocycles. The van der Waals surface area contributed by atoms with Gasteiger partial charge in [-0.15, -0.1) is 0 Å². The number of rotatable bonds is 5. The fourth-order valence-corrected chi connectivity index (χ4v) is 4.01. The van der Waals surface area contributed by atoms with Gasteiger partial charge >= 0.3 is 0 Å². The van der Waals surface area contributed by atoms with E-state index in [4.69, 9.17) is 14.2 Å². The number of carbonyl (C=O) groups excluding carboxylic acids is 1. The monoisotopic (exact) mass is 385 g/mol. The first-order valence-electron chi connectivity index (χ1n) is 9.96. The molecule has 0 saturated carbocycles. The highest BCUT2D eigenvalue weighted by Gasteiger charge is 2.30. The lowest BCUT2D eigenvalue weighted by Crippen LogP contribution is -2.39. The fourth-order valence-electron chi connectivity index (χ4n) is 4.01. The van der Waals surface area contributed by atoms with Gasteiger partial charge in [-0.25, -0.2) is 9.97 Å². The molecule has 0 bridgehead atoms. The van der Waals surface area contributed by atoms with Crippen LogP contribution in [0, 0.1) is 0 Å². The van der Waals surface area contributed by atoms with Crippen LogP contribution in [0.2, 0.25) is 0 Å². The molecular formula is C20H27N5O3. The summed E-state index contributed by atoms with van der Waals surface area (Å²) < 4.78 is 10.2. The van der Waals surface area contributed by atoms with E-state index >= 15 is 0 Å². The summed E-state index contributed by atoms with van der Waals surface area (Å²) in [5, 5.41) is 3.79. The average molecular weight is 385 g/mol. The van der Waals surface area contributed by atoms with Crippen molar-refractivity contribution in [3.05, 3.63) is 35.1 Å². The number of hydrogen-bond donors (Lipinski definition) is 0. The van der Waals surface area contributed by atoms with Gasteiger partial charge in [-0.1, -0.05) is 0 Å². The van der Waals surface area contributed by atoms with Crippen LogP contribution >= 0.6 is 0 Å². The highest BCUT2D eigenvalue weighted by molar-refractivity contribution is 5.77. The van der Waals surface area contributed by atoms with Gasteiger partial charge in [-0.05, 0) is 31.5 Å². The van der Waals surface area contributed by atoms with Gasteiger partial charge in [0.15, 0.2) is 5.82 Å². The molecule has 8 nitrogen and oxygen atoms in total. The van der Waals surface area contributed by atoms with Crippen molar-refractivity contribution in [1.29, 1.82) is 0 Å². The van der Waals surface area contributed by atoms with Gasteiger partial charge in [-0.3, -0.25) is 4.79 Å². The lowest BCUT2D eigenvalue weighted by molar-refractivity contribution is -0.135. The van der Waals surface area contributed by atoms with Gasteiger partial charge in [0.1, 0.15) is 5.76 Å². The van der Waals surface area contributed by atoms with E-state index in [1.54, 1.807) is 13.2 Å². The van der Waals surface area contributed by atoms with Gasteiger partial charge in [0.2, 0.25) is 5.91 Å². The zero-order chi connectivity index (χ0) is 19.5. The molecule has 2 aromatic heterocycles. The van der Waals surface area contributed by atoms with Gasteiger partial charge in [-0.2, -0.15) is 0 Å². The molecule has 1 unspecified atom stereocenters. The Kier molecular flexibility index (Phi) is 5.57. The summed E-state index contributed by atoms with van der Waals surface area (Å²) in [4.78, 5) is 26.7. The molecule has 2 aromatic rings. The van der Waals surface area contributed by atoms with Crippen molar-refractivity contribution in [3.63, 3.8) is 0 Å². The quantitative estimate of drug-likeness (QED) is 0.780. The van der Waals surface area contributed by atoms with E-state index in [1.165, 1.54) is 5.56 Å². The maximum absolute atomic E-state index is 12.9. The summed E-state index contributed by atoms with van der Waals surface area (Å²) in [6.07, 6.45) is 6.81. The van der Waals surface area contributed by atoms with E-state index in [1.807, 2.05) is 11.1 Å². The number of piperidine rings is 1. The summed E-state index contributed by atoms with van der Waals surface area (Å²) in [6.45, 7) is 2.66. The molecule has 1 fully saturated rings. The van der Waals surface area contributed by atoms with E-state index in [-0.39, 0.29) is 11.9 Å². The normalized spacial score (nSPS) is 20.1. The standard InChI is InChI=1S/C20H27N5O3/c1-24-10-8-16-14(13-24)12-21-20(22-16)17-5-3-4-9-25(17)19(26)7-6-15-11-18(27-2)23-28-15/h11-12,17H,3-10,13H2,1-2H3. The smallest absolute Gasteiger partial charge is 0.254 e. The van der Waals surface area contributed by atoms with Crippen LogP contribution in [0.5, 0.6) is 5.88 Å². The van der Waals surface area contributed by atoms with Crippen molar-refractivity contribution in [3.8, 4) is 5.88 Å². The van der Waals surface area contributed by atoms with Crippen LogP contribution in [0.1, 0.15) is 54.6 Å². The first kappa shape index (κ1) is 18.9. The molecule has 1 atom stereocenters. The Morgan fingerprint density at radius 1 is 1.36 bits per heavy atom. The molecule has 0 N–H and O–H groups in total. The highest BCUT2D eigenvalue weighted by Crippen LogP contribution is 2.30. The Hall–Kier alpha value is -2.48. The molecule has 1 amide bonds. The largest absolute Gasteiger partial charge is 0.479 e. The van der Waals surface area contributed by atoms with Crippen LogP contribution in [0.25, 0.3) is 0 Å². The molecule has 8 heteroatoms. The van der Waals surface area contributed by atoms with Crippen LogP contribution < -0.4 is 4.74 Å². The van der Waals surface area contributed by atoms with Crippen molar-refractivity contribution in [2.24, 2.45) is 0 Å². The first-order chi connectivity index (χ1) is 13.6. The van der Waals surface area contributed by atoms with Crippen LogP contribution in [0.15, 0.2) is 16.8 Å². The van der Waals surface area contributed by atoms with Gasteiger partial charge in [0.25, 0.3) is 5.88 Å². The van der Waals surface area contributed by atoms with Crippen LogP contribution in [-0.4, -0.2) is 58.1 Å². The van der Waals surface area contributed by atoms with Crippen molar-refractivity contribution < 1.29 is 14.1 Å². The number of aryl methyl sites for hydroxylation is 1. The summed E-state index contributed by atoms with van der Waals surface area (Å²) in [6, 6.07) is 1.69. The maximum Gasteiger partial charge on any atom is 0.254 e. The van der Waals surface area contributed by atoms with E-state index in [9.17, 15) is 4.79 Å². The molecule has 2 aliphatic heterocycles. The molecule has 150 valence electrons. The Labute approximate surface area is 164 Å². The number of amides is 1. The molecule has 4 rings (SSSR count). The number of ether oxygens (including phenoxy) is 1. The third-order valence-corrected chi connectivity index (χ3v) is 5.60. The number of fused-ring (bicyclic) bond motifs is 1. The number of aromatic nitrogens is 3. The summed E-state index contributed by atoms with van der Waals surface area (Å²) in [5.74, 6) is 2.00. The zero-order valence-corrected chi connectivity index (χ0v) is 16.6. The second kappa shape index (κ2) is 8.26.